The molecular formula is C20H22N4O2. The fourth-order valence-electron chi connectivity index (χ4n) is 2.76. The van der Waals surface area contributed by atoms with Crippen LogP contribution in [0.3, 0.4) is 0 Å². The van der Waals surface area contributed by atoms with E-state index in [4.69, 9.17) is 20.9 Å². The van der Waals surface area contributed by atoms with Crippen LogP contribution in [0.1, 0.15) is 13.8 Å². The van der Waals surface area contributed by atoms with Crippen molar-refractivity contribution in [2.24, 2.45) is 0 Å². The summed E-state index contributed by atoms with van der Waals surface area (Å²) in [6.07, 6.45) is 1.55. The molecule has 0 spiro atoms. The van der Waals surface area contributed by atoms with Crippen molar-refractivity contribution in [3.63, 3.8) is 0 Å². The second-order valence-corrected chi connectivity index (χ2v) is 6.10. The number of benzene rings is 2. The van der Waals surface area contributed by atoms with Crippen LogP contribution < -0.4 is 20.9 Å². The number of hydrogen-bond donors (Lipinski definition) is 2. The molecule has 0 saturated carbocycles. The summed E-state index contributed by atoms with van der Waals surface area (Å²) in [5, 5.41) is 0. The molecule has 0 amide bonds. The monoisotopic (exact) mass is 350 g/mol. The molecule has 0 bridgehead atoms. The van der Waals surface area contributed by atoms with E-state index in [0.29, 0.717) is 28.4 Å². The van der Waals surface area contributed by atoms with Crippen molar-refractivity contribution in [3.05, 3.63) is 48.8 Å². The maximum absolute atomic E-state index is 6.22. The Morgan fingerprint density at radius 1 is 0.923 bits per heavy atom. The standard InChI is InChI=1S/C20H22N4O2/c1-12(2)26-17-7-5-4-6-13(17)15-10-16(24-11-23-15)19-14(21)8-9-18(25-3)20(19)22/h4-12H,21-22H2,1-3H3. The van der Waals surface area contributed by atoms with Gasteiger partial charge in [-0.1, -0.05) is 12.1 Å². The molecule has 1 heterocycles. The van der Waals surface area contributed by atoms with Gasteiger partial charge in [0.2, 0.25) is 0 Å². The molecular weight excluding hydrogens is 328 g/mol. The lowest BCUT2D eigenvalue weighted by atomic mass is 10.0. The van der Waals surface area contributed by atoms with Gasteiger partial charge in [0, 0.05) is 11.3 Å². The van der Waals surface area contributed by atoms with Crippen molar-refractivity contribution < 1.29 is 9.47 Å². The number of nitrogens with zero attached hydrogens (tertiary/aromatic N) is 2. The minimum atomic E-state index is 0.0575. The van der Waals surface area contributed by atoms with Crippen LogP contribution >= 0.6 is 0 Å². The van der Waals surface area contributed by atoms with Crippen LogP contribution in [0.25, 0.3) is 22.5 Å². The Morgan fingerprint density at radius 3 is 2.38 bits per heavy atom. The van der Waals surface area contributed by atoms with E-state index in [1.54, 1.807) is 19.2 Å². The fraction of sp³-hybridized carbons (Fsp3) is 0.200. The number of anilines is 2. The first-order valence-corrected chi connectivity index (χ1v) is 8.31. The van der Waals surface area contributed by atoms with E-state index < -0.39 is 0 Å². The number of aromatic nitrogens is 2. The molecule has 0 unspecified atom stereocenters. The quantitative estimate of drug-likeness (QED) is 0.680. The molecule has 0 radical (unpaired) electrons. The van der Waals surface area contributed by atoms with Crippen molar-refractivity contribution in [3.8, 4) is 34.0 Å². The summed E-state index contributed by atoms with van der Waals surface area (Å²) in [5.74, 6) is 1.32. The second-order valence-electron chi connectivity index (χ2n) is 6.10. The Labute approximate surface area is 152 Å². The van der Waals surface area contributed by atoms with Crippen LogP contribution in [0.4, 0.5) is 11.4 Å². The molecule has 0 fully saturated rings. The molecule has 0 aliphatic carbocycles. The lowest BCUT2D eigenvalue weighted by Crippen LogP contribution is -2.06. The molecule has 0 aliphatic heterocycles. The summed E-state index contributed by atoms with van der Waals surface area (Å²) in [4.78, 5) is 8.76. The van der Waals surface area contributed by atoms with Crippen LogP contribution in [0.15, 0.2) is 48.8 Å². The zero-order valence-corrected chi connectivity index (χ0v) is 15.1. The smallest absolute Gasteiger partial charge is 0.142 e. The zero-order valence-electron chi connectivity index (χ0n) is 15.1. The van der Waals surface area contributed by atoms with E-state index in [0.717, 1.165) is 17.0 Å². The summed E-state index contributed by atoms with van der Waals surface area (Å²) >= 11 is 0. The predicted molar refractivity (Wildman–Crippen MR) is 104 cm³/mol. The number of methoxy groups -OCH3 is 1. The number of nitrogens with two attached hydrogens (primary N) is 2. The molecule has 0 aliphatic rings. The van der Waals surface area contributed by atoms with E-state index in [2.05, 4.69) is 9.97 Å². The van der Waals surface area contributed by atoms with E-state index in [9.17, 15) is 0 Å². The largest absolute Gasteiger partial charge is 0.495 e. The highest BCUT2D eigenvalue weighted by Gasteiger charge is 2.16. The molecule has 3 rings (SSSR count). The van der Waals surface area contributed by atoms with Gasteiger partial charge < -0.3 is 20.9 Å². The Balaban J connectivity index is 2.12. The molecule has 26 heavy (non-hydrogen) atoms. The van der Waals surface area contributed by atoms with Crippen LogP contribution in [0, 0.1) is 0 Å². The molecule has 6 nitrogen and oxygen atoms in total. The molecule has 134 valence electrons. The van der Waals surface area contributed by atoms with Crippen molar-refractivity contribution in [2.45, 2.75) is 20.0 Å². The van der Waals surface area contributed by atoms with Crippen molar-refractivity contribution in [1.29, 1.82) is 0 Å². The molecule has 6 heteroatoms. The number of nitrogen functional groups attached to an aromatic ring is 2. The fourth-order valence-corrected chi connectivity index (χ4v) is 2.76. The van der Waals surface area contributed by atoms with Crippen LogP contribution in [-0.2, 0) is 0 Å². The Morgan fingerprint density at radius 2 is 1.65 bits per heavy atom. The summed E-state index contributed by atoms with van der Waals surface area (Å²) in [6, 6.07) is 13.1. The predicted octanol–water partition coefficient (Wildman–Crippen LogP) is 3.77. The highest BCUT2D eigenvalue weighted by atomic mass is 16.5. The van der Waals surface area contributed by atoms with E-state index in [1.165, 1.54) is 6.33 Å². The van der Waals surface area contributed by atoms with Gasteiger partial charge in [-0.15, -0.1) is 0 Å². The normalized spacial score (nSPS) is 10.8. The van der Waals surface area contributed by atoms with E-state index in [1.807, 2.05) is 44.2 Å². The molecule has 0 atom stereocenters. The average molecular weight is 350 g/mol. The summed E-state index contributed by atoms with van der Waals surface area (Å²) in [6.45, 7) is 3.97. The number of para-hydroxylation sites is 1. The number of hydrogen-bond acceptors (Lipinski definition) is 6. The Bertz CT molecular complexity index is 925. The highest BCUT2D eigenvalue weighted by Crippen LogP contribution is 2.38. The van der Waals surface area contributed by atoms with Gasteiger partial charge in [-0.05, 0) is 44.2 Å². The Kier molecular flexibility index (Phi) is 4.93. The van der Waals surface area contributed by atoms with Crippen LogP contribution in [-0.4, -0.2) is 23.2 Å². The third-order valence-electron chi connectivity index (χ3n) is 3.91. The van der Waals surface area contributed by atoms with Gasteiger partial charge >= 0.3 is 0 Å². The molecule has 4 N–H and O–H groups in total. The SMILES string of the molecule is COc1ccc(N)c(-c2cc(-c3ccccc3OC(C)C)ncn2)c1N. The zero-order chi connectivity index (χ0) is 18.7. The summed E-state index contributed by atoms with van der Waals surface area (Å²) < 4.78 is 11.2. The third-order valence-corrected chi connectivity index (χ3v) is 3.91. The lowest BCUT2D eigenvalue weighted by molar-refractivity contribution is 0.243. The molecule has 2 aromatic carbocycles. The summed E-state index contributed by atoms with van der Waals surface area (Å²) in [5.41, 5.74) is 16.2. The Hall–Kier alpha value is -3.28. The topological polar surface area (TPSA) is 96.3 Å². The van der Waals surface area contributed by atoms with Gasteiger partial charge in [0.25, 0.3) is 0 Å². The first kappa shape index (κ1) is 17.5. The van der Waals surface area contributed by atoms with Gasteiger partial charge in [-0.25, -0.2) is 9.97 Å². The second kappa shape index (κ2) is 7.31. The molecule has 3 aromatic rings. The maximum Gasteiger partial charge on any atom is 0.142 e. The van der Waals surface area contributed by atoms with Gasteiger partial charge in [0.15, 0.2) is 0 Å². The van der Waals surface area contributed by atoms with Crippen molar-refractivity contribution in [2.75, 3.05) is 18.6 Å². The van der Waals surface area contributed by atoms with Crippen molar-refractivity contribution in [1.82, 2.24) is 9.97 Å². The first-order valence-electron chi connectivity index (χ1n) is 8.31. The van der Waals surface area contributed by atoms with Gasteiger partial charge in [-0.2, -0.15) is 0 Å². The summed E-state index contributed by atoms with van der Waals surface area (Å²) in [7, 11) is 1.57. The minimum absolute atomic E-state index is 0.0575. The van der Waals surface area contributed by atoms with Gasteiger partial charge in [0.1, 0.15) is 17.8 Å². The van der Waals surface area contributed by atoms with Crippen LogP contribution in [0.5, 0.6) is 11.5 Å². The number of rotatable bonds is 5. The third kappa shape index (κ3) is 3.39. The average Bonchev–Trinajstić information content (AvgIpc) is 2.62. The first-order chi connectivity index (χ1) is 12.5. The van der Waals surface area contributed by atoms with Gasteiger partial charge in [-0.3, -0.25) is 0 Å². The maximum atomic E-state index is 6.22. The molecule has 1 aromatic heterocycles. The van der Waals surface area contributed by atoms with Crippen molar-refractivity contribution >= 4 is 11.4 Å². The van der Waals surface area contributed by atoms with E-state index >= 15 is 0 Å². The lowest BCUT2D eigenvalue weighted by Gasteiger charge is -2.15. The van der Waals surface area contributed by atoms with E-state index in [-0.39, 0.29) is 6.10 Å². The van der Waals surface area contributed by atoms with Crippen LogP contribution in [0.2, 0.25) is 0 Å². The number of ether oxygens (including phenoxy) is 2. The minimum Gasteiger partial charge on any atom is -0.495 e. The highest BCUT2D eigenvalue weighted by molar-refractivity contribution is 5.89. The molecule has 0 saturated heterocycles. The van der Waals surface area contributed by atoms with Gasteiger partial charge in [0.05, 0.1) is 35.9 Å².